The standard InChI is InChI=1S/C16H11ClF3NO3/c17-10-2-4-13(19)12(5-10)16(23)24-8-15(22)21-7-9-1-3-11(18)6-14(9)20/h1-6H,7-8H2,(H,21,22). The molecule has 0 aliphatic rings. The molecule has 0 heterocycles. The number of hydrogen-bond acceptors (Lipinski definition) is 3. The molecule has 0 aliphatic carbocycles. The Morgan fingerprint density at radius 3 is 2.50 bits per heavy atom. The first kappa shape index (κ1) is 17.8. The number of halogens is 4. The summed E-state index contributed by atoms with van der Waals surface area (Å²) in [6, 6.07) is 6.24. The molecular weight excluding hydrogens is 347 g/mol. The fourth-order valence-corrected chi connectivity index (χ4v) is 1.94. The fourth-order valence-electron chi connectivity index (χ4n) is 1.77. The lowest BCUT2D eigenvalue weighted by atomic mass is 10.2. The summed E-state index contributed by atoms with van der Waals surface area (Å²) in [5, 5.41) is 2.43. The molecule has 0 radical (unpaired) electrons. The molecule has 0 saturated carbocycles. The summed E-state index contributed by atoms with van der Waals surface area (Å²) in [6.45, 7) is -0.901. The van der Waals surface area contributed by atoms with Gasteiger partial charge in [0.25, 0.3) is 5.91 Å². The zero-order chi connectivity index (χ0) is 17.7. The molecule has 2 rings (SSSR count). The van der Waals surface area contributed by atoms with E-state index in [9.17, 15) is 22.8 Å². The predicted molar refractivity (Wildman–Crippen MR) is 79.9 cm³/mol. The molecule has 1 amide bonds. The van der Waals surface area contributed by atoms with Crippen molar-refractivity contribution in [1.82, 2.24) is 5.32 Å². The molecule has 0 saturated heterocycles. The molecule has 126 valence electrons. The molecule has 0 unspecified atom stereocenters. The van der Waals surface area contributed by atoms with Gasteiger partial charge >= 0.3 is 5.97 Å². The number of hydrogen-bond donors (Lipinski definition) is 1. The van der Waals surface area contributed by atoms with Crippen LogP contribution in [0.2, 0.25) is 5.02 Å². The van der Waals surface area contributed by atoms with Crippen molar-refractivity contribution in [2.75, 3.05) is 6.61 Å². The molecule has 2 aromatic rings. The lowest BCUT2D eigenvalue weighted by Gasteiger charge is -2.08. The van der Waals surface area contributed by atoms with Crippen LogP contribution in [0.5, 0.6) is 0 Å². The smallest absolute Gasteiger partial charge is 0.341 e. The molecule has 2 aromatic carbocycles. The average molecular weight is 358 g/mol. The van der Waals surface area contributed by atoms with Crippen molar-refractivity contribution in [3.63, 3.8) is 0 Å². The van der Waals surface area contributed by atoms with Gasteiger partial charge in [0.2, 0.25) is 0 Å². The molecule has 1 N–H and O–H groups in total. The van der Waals surface area contributed by atoms with Crippen LogP contribution in [0.1, 0.15) is 15.9 Å². The monoisotopic (exact) mass is 357 g/mol. The first-order chi connectivity index (χ1) is 11.4. The highest BCUT2D eigenvalue weighted by atomic mass is 35.5. The van der Waals surface area contributed by atoms with E-state index in [0.29, 0.717) is 6.07 Å². The highest BCUT2D eigenvalue weighted by Gasteiger charge is 2.15. The van der Waals surface area contributed by atoms with Gasteiger partial charge in [-0.1, -0.05) is 17.7 Å². The van der Waals surface area contributed by atoms with Crippen LogP contribution in [0.25, 0.3) is 0 Å². The Labute approximate surface area is 140 Å². The van der Waals surface area contributed by atoms with Crippen molar-refractivity contribution < 1.29 is 27.5 Å². The fraction of sp³-hybridized carbons (Fsp3) is 0.125. The van der Waals surface area contributed by atoms with Gasteiger partial charge in [0.15, 0.2) is 6.61 Å². The van der Waals surface area contributed by atoms with E-state index in [4.69, 9.17) is 11.6 Å². The van der Waals surface area contributed by atoms with E-state index in [2.05, 4.69) is 10.1 Å². The number of benzene rings is 2. The molecule has 24 heavy (non-hydrogen) atoms. The Bertz CT molecular complexity index is 783. The van der Waals surface area contributed by atoms with E-state index in [0.717, 1.165) is 18.2 Å². The van der Waals surface area contributed by atoms with E-state index in [-0.39, 0.29) is 17.1 Å². The quantitative estimate of drug-likeness (QED) is 0.836. The Kier molecular flexibility index (Phi) is 5.81. The Morgan fingerprint density at radius 2 is 1.79 bits per heavy atom. The molecule has 0 spiro atoms. The number of ether oxygens (including phenoxy) is 1. The van der Waals surface area contributed by atoms with Gasteiger partial charge in [0.1, 0.15) is 17.5 Å². The van der Waals surface area contributed by atoms with Crippen molar-refractivity contribution in [3.8, 4) is 0 Å². The van der Waals surface area contributed by atoms with E-state index < -0.39 is 41.5 Å². The molecular formula is C16H11ClF3NO3. The average Bonchev–Trinajstić information content (AvgIpc) is 2.54. The predicted octanol–water partition coefficient (Wildman–Crippen LogP) is 3.23. The minimum Gasteiger partial charge on any atom is -0.452 e. The second-order valence-electron chi connectivity index (χ2n) is 4.71. The van der Waals surface area contributed by atoms with Crippen LogP contribution in [0.15, 0.2) is 36.4 Å². The minimum absolute atomic E-state index is 0.0666. The van der Waals surface area contributed by atoms with Gasteiger partial charge in [-0.15, -0.1) is 0 Å². The summed E-state index contributed by atoms with van der Waals surface area (Å²) in [7, 11) is 0. The van der Waals surface area contributed by atoms with Gasteiger partial charge in [0.05, 0.1) is 5.56 Å². The maximum absolute atomic E-state index is 13.5. The van der Waals surface area contributed by atoms with Crippen molar-refractivity contribution in [2.45, 2.75) is 6.54 Å². The van der Waals surface area contributed by atoms with Crippen molar-refractivity contribution in [3.05, 3.63) is 70.0 Å². The van der Waals surface area contributed by atoms with Crippen LogP contribution in [0.4, 0.5) is 13.2 Å². The number of carbonyl (C=O) groups excluding carboxylic acids is 2. The normalized spacial score (nSPS) is 10.3. The molecule has 0 atom stereocenters. The topological polar surface area (TPSA) is 55.4 Å². The minimum atomic E-state index is -1.06. The van der Waals surface area contributed by atoms with Crippen LogP contribution in [0.3, 0.4) is 0 Å². The number of nitrogens with one attached hydrogen (secondary N) is 1. The summed E-state index contributed by atoms with van der Waals surface area (Å²) in [5.41, 5.74) is -0.336. The first-order valence-electron chi connectivity index (χ1n) is 6.69. The summed E-state index contributed by atoms with van der Waals surface area (Å²) in [6.07, 6.45) is 0. The summed E-state index contributed by atoms with van der Waals surface area (Å²) in [5.74, 6) is -4.17. The molecule has 0 aliphatic heterocycles. The van der Waals surface area contributed by atoms with Crippen molar-refractivity contribution in [1.29, 1.82) is 0 Å². The lowest BCUT2D eigenvalue weighted by molar-refractivity contribution is -0.124. The van der Waals surface area contributed by atoms with Crippen molar-refractivity contribution in [2.24, 2.45) is 0 Å². The maximum atomic E-state index is 13.5. The van der Waals surface area contributed by atoms with E-state index in [1.165, 1.54) is 12.1 Å². The Morgan fingerprint density at radius 1 is 1.04 bits per heavy atom. The summed E-state index contributed by atoms with van der Waals surface area (Å²) in [4.78, 5) is 23.3. The van der Waals surface area contributed by atoms with Crippen molar-refractivity contribution >= 4 is 23.5 Å². The number of amides is 1. The highest BCUT2D eigenvalue weighted by Crippen LogP contribution is 2.15. The van der Waals surface area contributed by atoms with Gasteiger partial charge < -0.3 is 10.1 Å². The highest BCUT2D eigenvalue weighted by molar-refractivity contribution is 6.30. The number of carbonyl (C=O) groups is 2. The third-order valence-electron chi connectivity index (χ3n) is 2.97. The zero-order valence-electron chi connectivity index (χ0n) is 12.1. The van der Waals surface area contributed by atoms with Gasteiger partial charge in [-0.3, -0.25) is 4.79 Å². The van der Waals surface area contributed by atoms with Gasteiger partial charge in [0, 0.05) is 23.2 Å². The van der Waals surface area contributed by atoms with Crippen LogP contribution < -0.4 is 5.32 Å². The third-order valence-corrected chi connectivity index (χ3v) is 3.21. The number of esters is 1. The lowest BCUT2D eigenvalue weighted by Crippen LogP contribution is -2.28. The molecule has 4 nitrogen and oxygen atoms in total. The zero-order valence-corrected chi connectivity index (χ0v) is 12.9. The van der Waals surface area contributed by atoms with Gasteiger partial charge in [-0.2, -0.15) is 0 Å². The second-order valence-corrected chi connectivity index (χ2v) is 5.15. The van der Waals surface area contributed by atoms with Gasteiger partial charge in [-0.05, 0) is 24.3 Å². The Hall–Kier alpha value is -2.54. The second kappa shape index (κ2) is 7.83. The van der Waals surface area contributed by atoms with E-state index in [1.807, 2.05) is 0 Å². The first-order valence-corrected chi connectivity index (χ1v) is 7.07. The molecule has 0 bridgehead atoms. The molecule has 8 heteroatoms. The Balaban J connectivity index is 1.86. The van der Waals surface area contributed by atoms with Gasteiger partial charge in [-0.25, -0.2) is 18.0 Å². The SMILES string of the molecule is O=C(COC(=O)c1cc(Cl)ccc1F)NCc1ccc(F)cc1F. The van der Waals surface area contributed by atoms with Crippen LogP contribution in [-0.2, 0) is 16.1 Å². The van der Waals surface area contributed by atoms with Crippen LogP contribution in [-0.4, -0.2) is 18.5 Å². The largest absolute Gasteiger partial charge is 0.452 e. The molecule has 0 fully saturated rings. The third kappa shape index (κ3) is 4.73. The summed E-state index contributed by atoms with van der Waals surface area (Å²) >= 11 is 5.65. The maximum Gasteiger partial charge on any atom is 0.341 e. The van der Waals surface area contributed by atoms with E-state index in [1.54, 1.807) is 0 Å². The van der Waals surface area contributed by atoms with Crippen LogP contribution >= 0.6 is 11.6 Å². The summed E-state index contributed by atoms with van der Waals surface area (Å²) < 4.78 is 44.3. The van der Waals surface area contributed by atoms with Crippen LogP contribution in [0, 0.1) is 17.5 Å². The van der Waals surface area contributed by atoms with E-state index >= 15 is 0 Å². The number of rotatable bonds is 5. The molecule has 0 aromatic heterocycles.